The molecule has 0 spiro atoms. The van der Waals surface area contributed by atoms with Crippen molar-refractivity contribution in [3.63, 3.8) is 0 Å². The van der Waals surface area contributed by atoms with Crippen LogP contribution < -0.4 is 5.73 Å². The molecule has 0 heterocycles. The van der Waals surface area contributed by atoms with Crippen LogP contribution in [0.2, 0.25) is 5.02 Å². The van der Waals surface area contributed by atoms with Gasteiger partial charge in [-0.2, -0.15) is 0 Å². The van der Waals surface area contributed by atoms with E-state index in [0.717, 1.165) is 15.6 Å². The second-order valence-electron chi connectivity index (χ2n) is 3.51. The molecule has 2 nitrogen and oxygen atoms in total. The monoisotopic (exact) mass is 309 g/mol. The van der Waals surface area contributed by atoms with Gasteiger partial charge in [0.25, 0.3) is 0 Å². The molecule has 2 rings (SSSR count). The molecular weight excluding hydrogens is 302 g/mol. The minimum absolute atomic E-state index is 0.451. The smallest absolute Gasteiger partial charge is 0.249 e. The molecule has 2 N–H and O–H groups in total. The first-order chi connectivity index (χ1) is 8.11. The topological polar surface area (TPSA) is 43.1 Å². The number of halogens is 2. The standard InChI is InChI=1S/C13H9BrClNO/c14-12-9(6-3-7-11(12)15)8-4-1-2-5-10(8)13(16)17/h1-7H,(H2,16,17). The fraction of sp³-hybridized carbons (Fsp3) is 0. The maximum absolute atomic E-state index is 11.4. The quantitative estimate of drug-likeness (QED) is 0.899. The summed E-state index contributed by atoms with van der Waals surface area (Å²) >= 11 is 9.45. The zero-order valence-electron chi connectivity index (χ0n) is 8.78. The summed E-state index contributed by atoms with van der Waals surface area (Å²) in [5.41, 5.74) is 7.46. The highest BCUT2D eigenvalue weighted by atomic mass is 79.9. The van der Waals surface area contributed by atoms with Crippen LogP contribution in [0.4, 0.5) is 0 Å². The maximum atomic E-state index is 11.4. The van der Waals surface area contributed by atoms with Crippen molar-refractivity contribution in [2.24, 2.45) is 5.73 Å². The molecule has 17 heavy (non-hydrogen) atoms. The first-order valence-corrected chi connectivity index (χ1v) is 6.11. The number of primary amides is 1. The molecule has 0 fully saturated rings. The van der Waals surface area contributed by atoms with Gasteiger partial charge in [0.1, 0.15) is 0 Å². The molecule has 2 aromatic rings. The molecule has 0 bridgehead atoms. The Bertz CT molecular complexity index is 583. The highest BCUT2D eigenvalue weighted by Gasteiger charge is 2.12. The summed E-state index contributed by atoms with van der Waals surface area (Å²) in [4.78, 5) is 11.4. The molecule has 0 saturated carbocycles. The minimum atomic E-state index is -0.451. The van der Waals surface area contributed by atoms with E-state index in [1.165, 1.54) is 0 Å². The summed E-state index contributed by atoms with van der Waals surface area (Å²) < 4.78 is 0.760. The molecule has 4 heteroatoms. The molecule has 0 unspecified atom stereocenters. The molecule has 0 saturated heterocycles. The van der Waals surface area contributed by atoms with Crippen molar-refractivity contribution in [1.82, 2.24) is 0 Å². The van der Waals surface area contributed by atoms with Crippen molar-refractivity contribution >= 4 is 33.4 Å². The van der Waals surface area contributed by atoms with Crippen molar-refractivity contribution in [3.05, 3.63) is 57.5 Å². The Morgan fingerprint density at radius 2 is 1.71 bits per heavy atom. The zero-order chi connectivity index (χ0) is 12.4. The van der Waals surface area contributed by atoms with Gasteiger partial charge in [-0.05, 0) is 39.2 Å². The summed E-state index contributed by atoms with van der Waals surface area (Å²) in [6, 6.07) is 12.7. The van der Waals surface area contributed by atoms with E-state index >= 15 is 0 Å². The highest BCUT2D eigenvalue weighted by Crippen LogP contribution is 2.35. The Morgan fingerprint density at radius 3 is 2.41 bits per heavy atom. The van der Waals surface area contributed by atoms with Crippen molar-refractivity contribution in [2.75, 3.05) is 0 Å². The van der Waals surface area contributed by atoms with Gasteiger partial charge in [0.2, 0.25) is 5.91 Å². The number of benzene rings is 2. The summed E-state index contributed by atoms with van der Waals surface area (Å²) in [5, 5.41) is 0.599. The van der Waals surface area contributed by atoms with E-state index in [2.05, 4.69) is 15.9 Å². The van der Waals surface area contributed by atoms with E-state index in [1.807, 2.05) is 24.3 Å². The van der Waals surface area contributed by atoms with Crippen molar-refractivity contribution in [3.8, 4) is 11.1 Å². The van der Waals surface area contributed by atoms with Crippen LogP contribution in [-0.4, -0.2) is 5.91 Å². The lowest BCUT2D eigenvalue weighted by Crippen LogP contribution is -2.12. The number of nitrogens with two attached hydrogens (primary N) is 1. The lowest BCUT2D eigenvalue weighted by molar-refractivity contribution is 0.100. The Morgan fingerprint density at radius 1 is 1.06 bits per heavy atom. The van der Waals surface area contributed by atoms with E-state index < -0.39 is 5.91 Å². The molecule has 86 valence electrons. The van der Waals surface area contributed by atoms with Crippen molar-refractivity contribution in [2.45, 2.75) is 0 Å². The van der Waals surface area contributed by atoms with Gasteiger partial charge in [-0.3, -0.25) is 4.79 Å². The summed E-state index contributed by atoms with van der Waals surface area (Å²) in [6.07, 6.45) is 0. The van der Waals surface area contributed by atoms with Crippen LogP contribution in [0.1, 0.15) is 10.4 Å². The molecule has 2 aromatic carbocycles. The Labute approximate surface area is 113 Å². The van der Waals surface area contributed by atoms with Crippen LogP contribution in [0.25, 0.3) is 11.1 Å². The van der Waals surface area contributed by atoms with Crippen LogP contribution in [0, 0.1) is 0 Å². The average Bonchev–Trinajstić information content (AvgIpc) is 2.33. The second kappa shape index (κ2) is 4.90. The van der Waals surface area contributed by atoms with Gasteiger partial charge in [0, 0.05) is 10.0 Å². The van der Waals surface area contributed by atoms with Crippen LogP contribution in [0.15, 0.2) is 46.9 Å². The van der Waals surface area contributed by atoms with Crippen LogP contribution in [-0.2, 0) is 0 Å². The number of rotatable bonds is 2. The molecule has 0 atom stereocenters. The normalized spacial score (nSPS) is 10.2. The predicted molar refractivity (Wildman–Crippen MR) is 73.1 cm³/mol. The SMILES string of the molecule is NC(=O)c1ccccc1-c1cccc(Cl)c1Br. The third-order valence-corrected chi connectivity index (χ3v) is 3.83. The van der Waals surface area contributed by atoms with Gasteiger partial charge >= 0.3 is 0 Å². The molecule has 1 amide bonds. The Hall–Kier alpha value is -1.32. The molecular formula is C13H9BrClNO. The lowest BCUT2D eigenvalue weighted by Gasteiger charge is -2.09. The third-order valence-electron chi connectivity index (χ3n) is 2.43. The van der Waals surface area contributed by atoms with Crippen molar-refractivity contribution in [1.29, 1.82) is 0 Å². The molecule has 0 aliphatic rings. The first-order valence-electron chi connectivity index (χ1n) is 4.94. The van der Waals surface area contributed by atoms with Gasteiger partial charge in [-0.15, -0.1) is 0 Å². The van der Waals surface area contributed by atoms with Crippen LogP contribution in [0.5, 0.6) is 0 Å². The number of carbonyl (C=O) groups excluding carboxylic acids is 1. The summed E-state index contributed by atoms with van der Waals surface area (Å²) in [5.74, 6) is -0.451. The molecule has 0 aromatic heterocycles. The van der Waals surface area contributed by atoms with Gasteiger partial charge in [0.05, 0.1) is 5.02 Å². The third kappa shape index (κ3) is 2.35. The van der Waals surface area contributed by atoms with E-state index in [9.17, 15) is 4.79 Å². The largest absolute Gasteiger partial charge is 0.366 e. The molecule has 0 aliphatic carbocycles. The van der Waals surface area contributed by atoms with Gasteiger partial charge < -0.3 is 5.73 Å². The number of hydrogen-bond acceptors (Lipinski definition) is 1. The maximum Gasteiger partial charge on any atom is 0.249 e. The predicted octanol–water partition coefficient (Wildman–Crippen LogP) is 3.87. The van der Waals surface area contributed by atoms with E-state index in [-0.39, 0.29) is 0 Å². The van der Waals surface area contributed by atoms with E-state index in [4.69, 9.17) is 17.3 Å². The fourth-order valence-corrected chi connectivity index (χ4v) is 2.30. The summed E-state index contributed by atoms with van der Waals surface area (Å²) in [6.45, 7) is 0. The van der Waals surface area contributed by atoms with Crippen LogP contribution >= 0.6 is 27.5 Å². The Kier molecular flexibility index (Phi) is 3.50. The van der Waals surface area contributed by atoms with Gasteiger partial charge in [-0.1, -0.05) is 41.9 Å². The zero-order valence-corrected chi connectivity index (χ0v) is 11.1. The highest BCUT2D eigenvalue weighted by molar-refractivity contribution is 9.10. The molecule has 0 radical (unpaired) electrons. The Balaban J connectivity index is 2.69. The van der Waals surface area contributed by atoms with Crippen molar-refractivity contribution < 1.29 is 4.79 Å². The van der Waals surface area contributed by atoms with E-state index in [0.29, 0.717) is 10.6 Å². The fourth-order valence-electron chi connectivity index (χ4n) is 1.64. The first kappa shape index (κ1) is 12.1. The van der Waals surface area contributed by atoms with E-state index in [1.54, 1.807) is 18.2 Å². The average molecular weight is 311 g/mol. The number of carbonyl (C=O) groups is 1. The molecule has 0 aliphatic heterocycles. The van der Waals surface area contributed by atoms with Gasteiger partial charge in [0.15, 0.2) is 0 Å². The number of hydrogen-bond donors (Lipinski definition) is 1. The van der Waals surface area contributed by atoms with Crippen LogP contribution in [0.3, 0.4) is 0 Å². The second-order valence-corrected chi connectivity index (χ2v) is 4.71. The lowest BCUT2D eigenvalue weighted by atomic mass is 9.99. The number of amides is 1. The summed E-state index contributed by atoms with van der Waals surface area (Å²) in [7, 11) is 0. The van der Waals surface area contributed by atoms with Gasteiger partial charge in [-0.25, -0.2) is 0 Å². The minimum Gasteiger partial charge on any atom is -0.366 e.